The molecule has 5 rings (SSSR count). The van der Waals surface area contributed by atoms with Crippen LogP contribution in [0.25, 0.3) is 16.9 Å². The summed E-state index contributed by atoms with van der Waals surface area (Å²) in [5, 5.41) is 6.52. The molecular weight excluding hydrogens is 516 g/mol. The molecule has 2 aromatic heterocycles. The van der Waals surface area contributed by atoms with Crippen molar-refractivity contribution in [3.05, 3.63) is 36.2 Å². The number of imidazole rings is 1. The second-order valence-electron chi connectivity index (χ2n) is 9.35. The minimum atomic E-state index is -2.77. The zero-order valence-electron chi connectivity index (χ0n) is 21.1. The van der Waals surface area contributed by atoms with E-state index in [0.717, 1.165) is 25.7 Å². The first-order valence-electron chi connectivity index (χ1n) is 12.5. The molecule has 2 amide bonds. The first-order valence-corrected chi connectivity index (χ1v) is 13.7. The average Bonchev–Trinajstić information content (AvgIpc) is 3.49. The van der Waals surface area contributed by atoms with Crippen LogP contribution >= 0.6 is 11.8 Å². The number of fused-ring (bicyclic) bond motifs is 1. The normalized spacial score (nSPS) is 21.8. The largest absolute Gasteiger partial charge is 0.453 e. The number of likely N-dealkylation sites (tertiary alicyclic amines) is 1. The molecule has 2 aliphatic rings. The number of carbonyl (C=O) groups excluding carboxylic acids is 2. The third-order valence-corrected chi connectivity index (χ3v) is 7.64. The molecular formula is C25H29F2N7O3S. The summed E-state index contributed by atoms with van der Waals surface area (Å²) in [5.74, 6) is 0.453. The molecule has 1 atom stereocenters. The zero-order valence-corrected chi connectivity index (χ0v) is 21.9. The number of hydrogen-bond donors (Lipinski definition) is 2. The van der Waals surface area contributed by atoms with Crippen LogP contribution in [0.1, 0.15) is 44.4 Å². The van der Waals surface area contributed by atoms with Crippen LogP contribution in [0.4, 0.5) is 19.4 Å². The van der Waals surface area contributed by atoms with Crippen molar-refractivity contribution in [2.75, 3.05) is 25.2 Å². The predicted octanol–water partition coefficient (Wildman–Crippen LogP) is 4.16. The highest BCUT2D eigenvalue weighted by Crippen LogP contribution is 2.31. The van der Waals surface area contributed by atoms with E-state index in [1.54, 1.807) is 30.3 Å². The Kier molecular flexibility index (Phi) is 7.63. The number of alkyl carbamates (subject to hydrolysis) is 1. The average molecular weight is 546 g/mol. The Labute approximate surface area is 222 Å². The molecule has 13 heteroatoms. The first kappa shape index (κ1) is 26.1. The summed E-state index contributed by atoms with van der Waals surface area (Å²) in [4.78, 5) is 39.4. The Hall–Kier alpha value is -3.48. The molecule has 2 N–H and O–H groups in total. The van der Waals surface area contributed by atoms with Gasteiger partial charge >= 0.3 is 6.09 Å². The summed E-state index contributed by atoms with van der Waals surface area (Å²) in [7, 11) is 1.28. The summed E-state index contributed by atoms with van der Waals surface area (Å²) < 4.78 is 33.8. The Morgan fingerprint density at radius 3 is 2.61 bits per heavy atom. The number of hydrogen-bond acceptors (Lipinski definition) is 8. The number of benzene rings is 1. The van der Waals surface area contributed by atoms with Crippen LogP contribution in [0.2, 0.25) is 0 Å². The number of nitrogens with zero attached hydrogens (tertiary/aromatic N) is 5. The maximum absolute atomic E-state index is 13.9. The smallest absolute Gasteiger partial charge is 0.407 e. The van der Waals surface area contributed by atoms with Crippen LogP contribution in [-0.4, -0.2) is 74.5 Å². The van der Waals surface area contributed by atoms with Crippen molar-refractivity contribution < 1.29 is 23.1 Å². The van der Waals surface area contributed by atoms with E-state index in [-0.39, 0.29) is 23.8 Å². The summed E-state index contributed by atoms with van der Waals surface area (Å²) in [6.45, 7) is 0.605. The van der Waals surface area contributed by atoms with Crippen molar-refractivity contribution in [3.8, 4) is 5.82 Å². The van der Waals surface area contributed by atoms with Gasteiger partial charge in [-0.25, -0.2) is 28.5 Å². The van der Waals surface area contributed by atoms with Crippen LogP contribution in [0.3, 0.4) is 0 Å². The summed E-state index contributed by atoms with van der Waals surface area (Å²) in [5.41, 5.74) is 1.02. The SMILES string of the molecule is COC(=O)N[C@H]1CCN(C2CCC(Nc3cc(-n4c(C(F)F)nc5ccccc54)nc(SC)n3)CC2)C1=O. The standard InChI is InChI=1S/C25H29F2N7O3S/c1-37-25(36)30-17-11-12-33(23(17)35)15-9-7-14(8-10-15)28-19-13-20(32-24(31-19)38-2)34-18-6-4-3-5-16(18)29-22(34)21(26)27/h3-6,13-15,17,21H,7-12H2,1-2H3,(H,30,36)(H,28,31,32)/t14?,15?,17-/m0/s1. The van der Waals surface area contributed by atoms with Gasteiger partial charge in [0.25, 0.3) is 6.43 Å². The summed E-state index contributed by atoms with van der Waals surface area (Å²) in [6, 6.07) is 8.34. The van der Waals surface area contributed by atoms with E-state index >= 15 is 0 Å². The number of para-hydroxylation sites is 2. The molecule has 3 aromatic rings. The number of alkyl halides is 2. The summed E-state index contributed by atoms with van der Waals surface area (Å²) in [6.07, 6.45) is 2.28. The quantitative estimate of drug-likeness (QED) is 0.336. The number of methoxy groups -OCH3 is 1. The third-order valence-electron chi connectivity index (χ3n) is 7.09. The van der Waals surface area contributed by atoms with Crippen molar-refractivity contribution in [2.24, 2.45) is 0 Å². The second kappa shape index (κ2) is 11.1. The van der Waals surface area contributed by atoms with Crippen molar-refractivity contribution >= 4 is 40.6 Å². The maximum atomic E-state index is 13.9. The molecule has 0 unspecified atom stereocenters. The molecule has 2 fully saturated rings. The highest BCUT2D eigenvalue weighted by molar-refractivity contribution is 7.98. The topological polar surface area (TPSA) is 114 Å². The predicted molar refractivity (Wildman–Crippen MR) is 139 cm³/mol. The van der Waals surface area contributed by atoms with Gasteiger partial charge in [-0.05, 0) is 50.5 Å². The van der Waals surface area contributed by atoms with Crippen molar-refractivity contribution in [3.63, 3.8) is 0 Å². The van der Waals surface area contributed by atoms with Gasteiger partial charge in [-0.1, -0.05) is 23.9 Å². The maximum Gasteiger partial charge on any atom is 0.407 e. The van der Waals surface area contributed by atoms with Crippen molar-refractivity contribution in [1.82, 2.24) is 29.7 Å². The van der Waals surface area contributed by atoms with E-state index in [0.29, 0.717) is 40.8 Å². The van der Waals surface area contributed by atoms with Gasteiger partial charge in [0.2, 0.25) is 5.91 Å². The van der Waals surface area contributed by atoms with Gasteiger partial charge < -0.3 is 20.3 Å². The van der Waals surface area contributed by atoms with Crippen LogP contribution < -0.4 is 10.6 Å². The second-order valence-corrected chi connectivity index (χ2v) is 10.1. The molecule has 1 aliphatic carbocycles. The molecule has 10 nitrogen and oxygen atoms in total. The lowest BCUT2D eigenvalue weighted by atomic mass is 9.90. The van der Waals surface area contributed by atoms with Crippen molar-refractivity contribution in [2.45, 2.75) is 61.8 Å². The molecule has 0 bridgehead atoms. The van der Waals surface area contributed by atoms with Gasteiger partial charge in [0.15, 0.2) is 11.0 Å². The van der Waals surface area contributed by atoms with Gasteiger partial charge in [-0.3, -0.25) is 9.36 Å². The highest BCUT2D eigenvalue weighted by Gasteiger charge is 2.38. The van der Waals surface area contributed by atoms with E-state index < -0.39 is 18.6 Å². The number of carbonyl (C=O) groups is 2. The molecule has 1 saturated carbocycles. The van der Waals surface area contributed by atoms with E-state index in [4.69, 9.17) is 0 Å². The number of halogens is 2. The Bertz CT molecular complexity index is 1330. The lowest BCUT2D eigenvalue weighted by Gasteiger charge is -2.35. The van der Waals surface area contributed by atoms with Gasteiger partial charge in [0.1, 0.15) is 17.7 Å². The minimum absolute atomic E-state index is 0.0701. The number of amides is 2. The summed E-state index contributed by atoms with van der Waals surface area (Å²) >= 11 is 1.33. The third kappa shape index (κ3) is 5.24. The van der Waals surface area contributed by atoms with Crippen LogP contribution in [0, 0.1) is 0 Å². The van der Waals surface area contributed by atoms with E-state index in [2.05, 4.69) is 30.3 Å². The number of anilines is 1. The van der Waals surface area contributed by atoms with E-state index in [1.807, 2.05) is 11.2 Å². The fraction of sp³-hybridized carbons (Fsp3) is 0.480. The lowest BCUT2D eigenvalue weighted by Crippen LogP contribution is -2.46. The molecule has 1 aliphatic heterocycles. The lowest BCUT2D eigenvalue weighted by molar-refractivity contribution is -0.131. The Morgan fingerprint density at radius 1 is 1.13 bits per heavy atom. The number of nitrogens with one attached hydrogen (secondary N) is 2. The Balaban J connectivity index is 1.30. The molecule has 0 spiro atoms. The molecule has 38 heavy (non-hydrogen) atoms. The van der Waals surface area contributed by atoms with Gasteiger partial charge in [0.05, 0.1) is 18.1 Å². The molecule has 3 heterocycles. The fourth-order valence-electron chi connectivity index (χ4n) is 5.27. The highest BCUT2D eigenvalue weighted by atomic mass is 32.2. The molecule has 1 saturated heterocycles. The van der Waals surface area contributed by atoms with Gasteiger partial charge in [-0.15, -0.1) is 0 Å². The molecule has 202 valence electrons. The monoisotopic (exact) mass is 545 g/mol. The van der Waals surface area contributed by atoms with Gasteiger partial charge in [-0.2, -0.15) is 0 Å². The first-order chi connectivity index (χ1) is 18.4. The molecule has 0 radical (unpaired) electrons. The fourth-order valence-corrected chi connectivity index (χ4v) is 5.64. The van der Waals surface area contributed by atoms with E-state index in [9.17, 15) is 18.4 Å². The zero-order chi connectivity index (χ0) is 26.8. The number of aromatic nitrogens is 4. The minimum Gasteiger partial charge on any atom is -0.453 e. The van der Waals surface area contributed by atoms with Gasteiger partial charge in [0, 0.05) is 24.7 Å². The Morgan fingerprint density at radius 2 is 1.89 bits per heavy atom. The van der Waals surface area contributed by atoms with Crippen LogP contribution in [-0.2, 0) is 9.53 Å². The van der Waals surface area contributed by atoms with E-state index in [1.165, 1.54) is 23.4 Å². The number of ether oxygens (including phenoxy) is 1. The van der Waals surface area contributed by atoms with Crippen LogP contribution in [0.5, 0.6) is 0 Å². The number of rotatable bonds is 7. The number of thioether (sulfide) groups is 1. The molecule has 1 aromatic carbocycles. The van der Waals surface area contributed by atoms with Crippen LogP contribution in [0.15, 0.2) is 35.5 Å². The van der Waals surface area contributed by atoms with Crippen molar-refractivity contribution in [1.29, 1.82) is 0 Å².